The second-order valence-corrected chi connectivity index (χ2v) is 3.48. The van der Waals surface area contributed by atoms with Gasteiger partial charge in [-0.2, -0.15) is 9.97 Å². The molecular formula is C8H11ClN4. The summed E-state index contributed by atoms with van der Waals surface area (Å²) in [6, 6.07) is 0. The predicted octanol–water partition coefficient (Wildman–Crippen LogP) is 1.43. The van der Waals surface area contributed by atoms with Crippen LogP contribution in [0.2, 0.25) is 5.28 Å². The van der Waals surface area contributed by atoms with E-state index in [2.05, 4.69) is 19.9 Å². The van der Waals surface area contributed by atoms with Gasteiger partial charge in [-0.25, -0.2) is 4.98 Å². The molecule has 1 fully saturated rings. The molecule has 1 aromatic rings. The summed E-state index contributed by atoms with van der Waals surface area (Å²) in [7, 11) is 0. The van der Waals surface area contributed by atoms with Crippen LogP contribution in [0.4, 0.5) is 5.95 Å². The van der Waals surface area contributed by atoms with Crippen LogP contribution in [0.25, 0.3) is 0 Å². The van der Waals surface area contributed by atoms with Gasteiger partial charge in [0.05, 0.1) is 0 Å². The molecule has 0 radical (unpaired) electrons. The number of rotatable bonds is 1. The van der Waals surface area contributed by atoms with Crippen LogP contribution in [0.15, 0.2) is 0 Å². The van der Waals surface area contributed by atoms with E-state index in [1.165, 1.54) is 12.8 Å². The van der Waals surface area contributed by atoms with E-state index in [1.807, 2.05) is 6.92 Å². The summed E-state index contributed by atoms with van der Waals surface area (Å²) in [5.41, 5.74) is 0. The van der Waals surface area contributed by atoms with Gasteiger partial charge in [0.1, 0.15) is 5.82 Å². The summed E-state index contributed by atoms with van der Waals surface area (Å²) in [4.78, 5) is 14.4. The fraction of sp³-hybridized carbons (Fsp3) is 0.625. The lowest BCUT2D eigenvalue weighted by molar-refractivity contribution is 0.859. The molecule has 0 atom stereocenters. The highest BCUT2D eigenvalue weighted by Gasteiger charge is 2.15. The molecule has 0 amide bonds. The first-order valence-corrected chi connectivity index (χ1v) is 4.76. The van der Waals surface area contributed by atoms with Crippen LogP contribution in [0, 0.1) is 6.92 Å². The molecule has 1 saturated heterocycles. The van der Waals surface area contributed by atoms with E-state index in [0.717, 1.165) is 19.0 Å². The molecule has 2 rings (SSSR count). The molecular weight excluding hydrogens is 188 g/mol. The zero-order chi connectivity index (χ0) is 9.26. The minimum absolute atomic E-state index is 0.286. The van der Waals surface area contributed by atoms with Crippen molar-refractivity contribution in [3.8, 4) is 0 Å². The molecule has 0 saturated carbocycles. The van der Waals surface area contributed by atoms with Crippen molar-refractivity contribution in [2.45, 2.75) is 19.8 Å². The Hall–Kier alpha value is -0.900. The van der Waals surface area contributed by atoms with E-state index in [0.29, 0.717) is 5.82 Å². The molecule has 2 heterocycles. The number of aromatic nitrogens is 3. The van der Waals surface area contributed by atoms with E-state index < -0.39 is 0 Å². The first-order valence-electron chi connectivity index (χ1n) is 4.39. The van der Waals surface area contributed by atoms with Gasteiger partial charge in [0.2, 0.25) is 11.2 Å². The molecule has 70 valence electrons. The number of aryl methyl sites for hydroxylation is 1. The molecule has 0 bridgehead atoms. The Balaban J connectivity index is 2.28. The standard InChI is InChI=1S/C8H11ClN4/c1-6-10-7(9)12-8(11-6)13-4-2-3-5-13/h2-5H2,1H3. The van der Waals surface area contributed by atoms with E-state index in [1.54, 1.807) is 0 Å². The summed E-state index contributed by atoms with van der Waals surface area (Å²) in [5.74, 6) is 1.40. The topological polar surface area (TPSA) is 41.9 Å². The Labute approximate surface area is 82.0 Å². The first-order chi connectivity index (χ1) is 6.25. The molecule has 5 heteroatoms. The number of anilines is 1. The molecule has 0 N–H and O–H groups in total. The summed E-state index contributed by atoms with van der Waals surface area (Å²) in [5, 5.41) is 0.286. The quantitative estimate of drug-likeness (QED) is 0.685. The van der Waals surface area contributed by atoms with Crippen molar-refractivity contribution in [2.75, 3.05) is 18.0 Å². The Morgan fingerprint density at radius 3 is 2.46 bits per heavy atom. The second kappa shape index (κ2) is 3.46. The van der Waals surface area contributed by atoms with Crippen molar-refractivity contribution in [1.29, 1.82) is 0 Å². The zero-order valence-corrected chi connectivity index (χ0v) is 8.25. The maximum atomic E-state index is 5.74. The molecule has 0 unspecified atom stereocenters. The lowest BCUT2D eigenvalue weighted by atomic mass is 10.4. The molecule has 1 aliphatic heterocycles. The third kappa shape index (κ3) is 1.88. The smallest absolute Gasteiger partial charge is 0.229 e. The van der Waals surface area contributed by atoms with Crippen molar-refractivity contribution in [2.24, 2.45) is 0 Å². The lowest BCUT2D eigenvalue weighted by Crippen LogP contribution is -2.21. The Morgan fingerprint density at radius 1 is 1.15 bits per heavy atom. The normalized spacial score (nSPS) is 16.6. The van der Waals surface area contributed by atoms with Crippen molar-refractivity contribution >= 4 is 17.5 Å². The number of nitrogens with zero attached hydrogens (tertiary/aromatic N) is 4. The third-order valence-corrected chi connectivity index (χ3v) is 2.27. The van der Waals surface area contributed by atoms with Gasteiger partial charge in [-0.05, 0) is 31.4 Å². The van der Waals surface area contributed by atoms with Crippen molar-refractivity contribution in [1.82, 2.24) is 15.0 Å². The van der Waals surface area contributed by atoms with Gasteiger partial charge < -0.3 is 4.90 Å². The average molecular weight is 199 g/mol. The average Bonchev–Trinajstić information content (AvgIpc) is 2.53. The van der Waals surface area contributed by atoms with Gasteiger partial charge in [0.25, 0.3) is 0 Å². The fourth-order valence-electron chi connectivity index (χ4n) is 1.49. The Kier molecular flexibility index (Phi) is 2.31. The Bertz CT molecular complexity index is 289. The number of hydrogen-bond donors (Lipinski definition) is 0. The van der Waals surface area contributed by atoms with Gasteiger partial charge in [-0.3, -0.25) is 0 Å². The number of halogens is 1. The maximum Gasteiger partial charge on any atom is 0.229 e. The second-order valence-electron chi connectivity index (χ2n) is 3.15. The molecule has 0 spiro atoms. The summed E-state index contributed by atoms with van der Waals surface area (Å²) < 4.78 is 0. The van der Waals surface area contributed by atoms with Gasteiger partial charge in [-0.15, -0.1) is 0 Å². The summed E-state index contributed by atoms with van der Waals surface area (Å²) >= 11 is 5.74. The molecule has 0 aliphatic carbocycles. The fourth-order valence-corrected chi connectivity index (χ4v) is 1.69. The SMILES string of the molecule is Cc1nc(Cl)nc(N2CCCC2)n1. The lowest BCUT2D eigenvalue weighted by Gasteiger charge is -2.14. The molecule has 4 nitrogen and oxygen atoms in total. The monoisotopic (exact) mass is 198 g/mol. The third-order valence-electron chi connectivity index (χ3n) is 2.10. The molecule has 1 aliphatic rings. The first kappa shape index (κ1) is 8.69. The zero-order valence-electron chi connectivity index (χ0n) is 7.50. The molecule has 1 aromatic heterocycles. The largest absolute Gasteiger partial charge is 0.341 e. The van der Waals surface area contributed by atoms with Crippen LogP contribution in [-0.4, -0.2) is 28.0 Å². The summed E-state index contributed by atoms with van der Waals surface area (Å²) in [6.07, 6.45) is 2.42. The molecule has 0 aromatic carbocycles. The molecule has 13 heavy (non-hydrogen) atoms. The van der Waals surface area contributed by atoms with Crippen molar-refractivity contribution in [3.63, 3.8) is 0 Å². The highest BCUT2D eigenvalue weighted by atomic mass is 35.5. The van der Waals surface area contributed by atoms with Crippen LogP contribution >= 0.6 is 11.6 Å². The highest BCUT2D eigenvalue weighted by Crippen LogP contribution is 2.16. The van der Waals surface area contributed by atoms with Crippen molar-refractivity contribution < 1.29 is 0 Å². The summed E-state index contributed by atoms with van der Waals surface area (Å²) in [6.45, 7) is 3.88. The van der Waals surface area contributed by atoms with Gasteiger partial charge >= 0.3 is 0 Å². The minimum atomic E-state index is 0.286. The Morgan fingerprint density at radius 2 is 1.85 bits per heavy atom. The predicted molar refractivity (Wildman–Crippen MR) is 51.0 cm³/mol. The minimum Gasteiger partial charge on any atom is -0.341 e. The van der Waals surface area contributed by atoms with Gasteiger partial charge in [0.15, 0.2) is 0 Å². The van der Waals surface area contributed by atoms with Gasteiger partial charge in [0, 0.05) is 13.1 Å². The van der Waals surface area contributed by atoms with E-state index in [4.69, 9.17) is 11.6 Å². The van der Waals surface area contributed by atoms with Crippen LogP contribution < -0.4 is 4.90 Å². The van der Waals surface area contributed by atoms with Crippen LogP contribution in [0.3, 0.4) is 0 Å². The van der Waals surface area contributed by atoms with E-state index >= 15 is 0 Å². The van der Waals surface area contributed by atoms with Gasteiger partial charge in [-0.1, -0.05) is 0 Å². The highest BCUT2D eigenvalue weighted by molar-refractivity contribution is 6.28. The van der Waals surface area contributed by atoms with Crippen LogP contribution in [-0.2, 0) is 0 Å². The van der Waals surface area contributed by atoms with E-state index in [9.17, 15) is 0 Å². The van der Waals surface area contributed by atoms with Crippen LogP contribution in [0.5, 0.6) is 0 Å². The van der Waals surface area contributed by atoms with Crippen LogP contribution in [0.1, 0.15) is 18.7 Å². The van der Waals surface area contributed by atoms with Crippen molar-refractivity contribution in [3.05, 3.63) is 11.1 Å². The maximum absolute atomic E-state index is 5.74. The number of hydrogen-bond acceptors (Lipinski definition) is 4. The van der Waals surface area contributed by atoms with E-state index in [-0.39, 0.29) is 5.28 Å².